The molecule has 3 aromatic rings. The van der Waals surface area contributed by atoms with Crippen LogP contribution < -0.4 is 4.90 Å². The second kappa shape index (κ2) is 9.60. The van der Waals surface area contributed by atoms with Gasteiger partial charge in [-0.1, -0.05) is 36.4 Å². The second-order valence-electron chi connectivity index (χ2n) is 9.63. The van der Waals surface area contributed by atoms with Crippen LogP contribution in [-0.4, -0.2) is 58.4 Å². The summed E-state index contributed by atoms with van der Waals surface area (Å²) in [5.74, 6) is -0.129. The van der Waals surface area contributed by atoms with Crippen molar-refractivity contribution < 1.29 is 19.4 Å². The first kappa shape index (κ1) is 23.2. The van der Waals surface area contributed by atoms with Gasteiger partial charge < -0.3 is 24.2 Å². The van der Waals surface area contributed by atoms with Crippen molar-refractivity contribution in [2.75, 3.05) is 31.6 Å². The molecule has 1 amide bonds. The van der Waals surface area contributed by atoms with Crippen LogP contribution in [0.4, 0.5) is 10.7 Å². The first-order chi connectivity index (χ1) is 17.0. The number of carbonyl (C=O) groups is 2. The summed E-state index contributed by atoms with van der Waals surface area (Å²) in [5.41, 5.74) is 5.52. The predicted octanol–water partition coefficient (Wildman–Crippen LogP) is 4.27. The summed E-state index contributed by atoms with van der Waals surface area (Å²) in [6.45, 7) is 4.64. The van der Waals surface area contributed by atoms with Crippen LogP contribution in [0.1, 0.15) is 42.5 Å². The van der Waals surface area contributed by atoms with Gasteiger partial charge in [0, 0.05) is 31.2 Å². The molecule has 1 N–H and O–H groups in total. The number of fused-ring (bicyclic) bond motifs is 3. The summed E-state index contributed by atoms with van der Waals surface area (Å²) in [7, 11) is 1.41. The molecule has 0 aliphatic carbocycles. The fraction of sp³-hybridized carbons (Fsp3) is 0.444. The van der Waals surface area contributed by atoms with Gasteiger partial charge in [0.2, 0.25) is 5.95 Å². The van der Waals surface area contributed by atoms with Gasteiger partial charge in [0.05, 0.1) is 30.6 Å². The Morgan fingerprint density at radius 3 is 2.54 bits per heavy atom. The van der Waals surface area contributed by atoms with E-state index in [2.05, 4.69) is 52.8 Å². The smallest absolute Gasteiger partial charge is 0.409 e. The van der Waals surface area contributed by atoms with Crippen molar-refractivity contribution in [3.8, 4) is 0 Å². The van der Waals surface area contributed by atoms with Gasteiger partial charge >= 0.3 is 12.1 Å². The molecule has 1 fully saturated rings. The minimum absolute atomic E-state index is 0.146. The number of nitrogens with zero attached hydrogens (tertiary/aromatic N) is 4. The van der Waals surface area contributed by atoms with Crippen LogP contribution in [0.5, 0.6) is 0 Å². The number of anilines is 1. The average Bonchev–Trinajstić information content (AvgIpc) is 3.29. The fourth-order valence-corrected chi connectivity index (χ4v) is 5.50. The van der Waals surface area contributed by atoms with Gasteiger partial charge in [-0.2, -0.15) is 0 Å². The number of carboxylic acids is 1. The average molecular weight is 477 g/mol. The molecule has 2 aliphatic rings. The first-order valence-corrected chi connectivity index (χ1v) is 12.3. The Morgan fingerprint density at radius 1 is 1.11 bits per heavy atom. The number of hydrogen-bond donors (Lipinski definition) is 1. The monoisotopic (exact) mass is 476 g/mol. The summed E-state index contributed by atoms with van der Waals surface area (Å²) < 4.78 is 7.29. The second-order valence-corrected chi connectivity index (χ2v) is 9.63. The zero-order valence-electron chi connectivity index (χ0n) is 20.3. The van der Waals surface area contributed by atoms with Crippen LogP contribution >= 0.6 is 0 Å². The van der Waals surface area contributed by atoms with Crippen LogP contribution in [0.15, 0.2) is 42.5 Å². The Bertz CT molecular complexity index is 1230. The number of ether oxygens (including phenoxy) is 1. The Balaban J connectivity index is 1.56. The lowest BCUT2D eigenvalue weighted by molar-refractivity contribution is -0.142. The predicted molar refractivity (Wildman–Crippen MR) is 134 cm³/mol. The number of imidazole rings is 1. The highest BCUT2D eigenvalue weighted by atomic mass is 16.5. The van der Waals surface area contributed by atoms with Gasteiger partial charge in [0.1, 0.15) is 0 Å². The molecular formula is C27H32N4O4. The quantitative estimate of drug-likeness (QED) is 0.592. The van der Waals surface area contributed by atoms with E-state index in [-0.39, 0.29) is 18.1 Å². The minimum Gasteiger partial charge on any atom is -0.481 e. The molecule has 1 saturated heterocycles. The molecule has 1 atom stereocenters. The zero-order valence-corrected chi connectivity index (χ0v) is 20.3. The van der Waals surface area contributed by atoms with Gasteiger partial charge in [0.15, 0.2) is 0 Å². The van der Waals surface area contributed by atoms with Crippen LogP contribution in [0.2, 0.25) is 0 Å². The largest absolute Gasteiger partial charge is 0.481 e. The number of aliphatic carboxylic acids is 1. The van der Waals surface area contributed by atoms with Gasteiger partial charge in [-0.25, -0.2) is 9.78 Å². The Hall–Kier alpha value is -3.55. The maximum atomic E-state index is 12.3. The summed E-state index contributed by atoms with van der Waals surface area (Å²) >= 11 is 0. The Labute approximate surface area is 205 Å². The van der Waals surface area contributed by atoms with E-state index in [1.54, 1.807) is 4.90 Å². The van der Waals surface area contributed by atoms with Crippen molar-refractivity contribution in [3.63, 3.8) is 0 Å². The molecule has 8 heteroatoms. The fourth-order valence-electron chi connectivity index (χ4n) is 5.50. The maximum absolute atomic E-state index is 12.3. The molecule has 0 radical (unpaired) electrons. The van der Waals surface area contributed by atoms with Crippen molar-refractivity contribution >= 4 is 29.0 Å². The van der Waals surface area contributed by atoms with Crippen LogP contribution in [0, 0.1) is 5.92 Å². The highest BCUT2D eigenvalue weighted by Crippen LogP contribution is 2.35. The number of aromatic nitrogens is 2. The number of benzene rings is 2. The Morgan fingerprint density at radius 2 is 1.86 bits per heavy atom. The van der Waals surface area contributed by atoms with Crippen molar-refractivity contribution in [1.29, 1.82) is 0 Å². The third kappa shape index (κ3) is 4.45. The molecule has 2 aliphatic heterocycles. The van der Waals surface area contributed by atoms with Crippen molar-refractivity contribution in [2.45, 2.75) is 45.2 Å². The first-order valence-electron chi connectivity index (χ1n) is 12.3. The van der Waals surface area contributed by atoms with E-state index >= 15 is 0 Å². The van der Waals surface area contributed by atoms with E-state index in [9.17, 15) is 14.7 Å². The van der Waals surface area contributed by atoms with Gasteiger partial charge in [-0.05, 0) is 49.8 Å². The van der Waals surface area contributed by atoms with Crippen LogP contribution in [0.3, 0.4) is 0 Å². The topological polar surface area (TPSA) is 87.9 Å². The number of methoxy groups -OCH3 is 1. The standard InChI is InChI=1S/C27H32N4O4/c1-18(16-19-6-4-3-5-7-19)31-23-9-8-20-10-15-30(27(34)35-2)17-22(20)24(23)28-26(31)29-13-11-21(12-14-29)25(32)33/h3-9,18,21H,10-17H2,1-2H3,(H,32,33)/t18-/m0/s1. The van der Waals surface area contributed by atoms with Gasteiger partial charge in [-0.15, -0.1) is 0 Å². The molecule has 3 heterocycles. The molecule has 0 spiro atoms. The lowest BCUT2D eigenvalue weighted by atomic mass is 9.97. The number of carboxylic acid groups (broad SMARTS) is 1. The van der Waals surface area contributed by atoms with Gasteiger partial charge in [0.25, 0.3) is 0 Å². The number of amides is 1. The number of rotatable bonds is 5. The highest BCUT2D eigenvalue weighted by molar-refractivity contribution is 5.84. The molecular weight excluding hydrogens is 444 g/mol. The molecule has 5 rings (SSSR count). The van der Waals surface area contributed by atoms with Crippen molar-refractivity contribution in [3.05, 3.63) is 59.2 Å². The molecule has 1 aromatic heterocycles. The molecule has 35 heavy (non-hydrogen) atoms. The van der Waals surface area contributed by atoms with Crippen LogP contribution in [-0.2, 0) is 28.9 Å². The normalized spacial score (nSPS) is 17.3. The molecule has 0 saturated carbocycles. The van der Waals surface area contributed by atoms with Crippen molar-refractivity contribution in [2.24, 2.45) is 5.92 Å². The maximum Gasteiger partial charge on any atom is 0.409 e. The lowest BCUT2D eigenvalue weighted by Crippen LogP contribution is -2.38. The summed E-state index contributed by atoms with van der Waals surface area (Å²) in [4.78, 5) is 32.9. The minimum atomic E-state index is -0.715. The lowest BCUT2D eigenvalue weighted by Gasteiger charge is -2.32. The van der Waals surface area contributed by atoms with E-state index in [1.165, 1.54) is 18.2 Å². The number of hydrogen-bond acceptors (Lipinski definition) is 5. The third-order valence-corrected chi connectivity index (χ3v) is 7.42. The summed E-state index contributed by atoms with van der Waals surface area (Å²) in [6.07, 6.45) is 2.53. The Kier molecular flexibility index (Phi) is 6.36. The summed E-state index contributed by atoms with van der Waals surface area (Å²) in [5, 5.41) is 9.46. The van der Waals surface area contributed by atoms with Crippen molar-refractivity contribution in [1.82, 2.24) is 14.5 Å². The van der Waals surface area contributed by atoms with Gasteiger partial charge in [-0.3, -0.25) is 4.79 Å². The van der Waals surface area contributed by atoms with E-state index in [0.29, 0.717) is 39.0 Å². The number of piperidine rings is 1. The molecule has 184 valence electrons. The number of carbonyl (C=O) groups excluding carboxylic acids is 1. The van der Waals surface area contributed by atoms with E-state index in [4.69, 9.17) is 9.72 Å². The zero-order chi connectivity index (χ0) is 24.5. The van der Waals surface area contributed by atoms with E-state index < -0.39 is 5.97 Å². The van der Waals surface area contributed by atoms with E-state index in [1.807, 2.05) is 6.07 Å². The van der Waals surface area contributed by atoms with Crippen LogP contribution in [0.25, 0.3) is 11.0 Å². The third-order valence-electron chi connectivity index (χ3n) is 7.42. The molecule has 8 nitrogen and oxygen atoms in total. The van der Waals surface area contributed by atoms with E-state index in [0.717, 1.165) is 35.4 Å². The molecule has 0 unspecified atom stereocenters. The summed E-state index contributed by atoms with van der Waals surface area (Å²) in [6, 6.07) is 14.9. The highest BCUT2D eigenvalue weighted by Gasteiger charge is 2.31. The molecule has 0 bridgehead atoms. The SMILES string of the molecule is COC(=O)N1CCc2ccc3c(nc(N4CCC(C(=O)O)CC4)n3[C@@H](C)Cc3ccccc3)c2C1. The molecule has 2 aromatic carbocycles.